The molecule has 3 atom stereocenters. The van der Waals surface area contributed by atoms with Crippen LogP contribution in [0.3, 0.4) is 0 Å². The van der Waals surface area contributed by atoms with Crippen LogP contribution in [0.4, 0.5) is 14.6 Å². The van der Waals surface area contributed by atoms with E-state index in [1.54, 1.807) is 56.7 Å². The monoisotopic (exact) mass is 497 g/mol. The topological polar surface area (TPSA) is 89.4 Å². The van der Waals surface area contributed by atoms with Crippen molar-refractivity contribution in [3.05, 3.63) is 59.7 Å². The van der Waals surface area contributed by atoms with Gasteiger partial charge in [-0.15, -0.1) is 0 Å². The Morgan fingerprint density at radius 3 is 2.56 bits per heavy atom. The molecule has 0 aliphatic carbocycles. The molecule has 190 valence electrons. The fraction of sp³-hybridized carbons (Fsp3) is 0.385. The van der Waals surface area contributed by atoms with Crippen molar-refractivity contribution in [1.82, 2.24) is 20.4 Å². The van der Waals surface area contributed by atoms with Gasteiger partial charge in [0.15, 0.2) is 11.5 Å². The summed E-state index contributed by atoms with van der Waals surface area (Å²) in [6, 6.07) is 12.9. The summed E-state index contributed by atoms with van der Waals surface area (Å²) in [6.07, 6.45) is -1.51. The number of anilines is 1. The molecule has 2 aliphatic heterocycles. The SMILES string of the molecule is COc1ccc(C2CC(C(F)F)n3nc(-c4ccc(C(=O)N[C@H]5CCNC5)cc4)cc3N2)cc1OC. The van der Waals surface area contributed by atoms with Crippen LogP contribution in [-0.2, 0) is 0 Å². The van der Waals surface area contributed by atoms with Crippen molar-refractivity contribution in [2.45, 2.75) is 37.4 Å². The van der Waals surface area contributed by atoms with Gasteiger partial charge in [0.2, 0.25) is 0 Å². The van der Waals surface area contributed by atoms with Gasteiger partial charge >= 0.3 is 0 Å². The van der Waals surface area contributed by atoms with E-state index in [-0.39, 0.29) is 24.4 Å². The van der Waals surface area contributed by atoms with Crippen LogP contribution in [0.5, 0.6) is 11.5 Å². The van der Waals surface area contributed by atoms with Crippen molar-refractivity contribution in [3.8, 4) is 22.8 Å². The number of halogens is 2. The van der Waals surface area contributed by atoms with Crippen LogP contribution >= 0.6 is 0 Å². The van der Waals surface area contributed by atoms with Gasteiger partial charge in [-0.05, 0) is 49.2 Å². The molecule has 2 aliphatic rings. The number of aromatic nitrogens is 2. The Labute approximate surface area is 208 Å². The van der Waals surface area contributed by atoms with Crippen LogP contribution in [0.2, 0.25) is 0 Å². The average molecular weight is 498 g/mol. The molecule has 0 spiro atoms. The third kappa shape index (κ3) is 4.73. The van der Waals surface area contributed by atoms with Crippen molar-refractivity contribution in [3.63, 3.8) is 0 Å². The summed E-state index contributed by atoms with van der Waals surface area (Å²) in [5, 5.41) is 14.1. The number of hydrogen-bond donors (Lipinski definition) is 3. The molecular formula is C26H29F2N5O3. The highest BCUT2D eigenvalue weighted by Crippen LogP contribution is 2.41. The Hall–Kier alpha value is -3.66. The number of carbonyl (C=O) groups excluding carboxylic acids is 1. The minimum Gasteiger partial charge on any atom is -0.493 e. The smallest absolute Gasteiger partial charge is 0.260 e. The molecule has 0 bridgehead atoms. The summed E-state index contributed by atoms with van der Waals surface area (Å²) in [4.78, 5) is 12.5. The van der Waals surface area contributed by atoms with Crippen molar-refractivity contribution in [1.29, 1.82) is 0 Å². The first-order valence-corrected chi connectivity index (χ1v) is 11.9. The first-order valence-electron chi connectivity index (χ1n) is 11.9. The number of methoxy groups -OCH3 is 2. The van der Waals surface area contributed by atoms with Gasteiger partial charge in [-0.3, -0.25) is 4.79 Å². The molecular weight excluding hydrogens is 468 g/mol. The maximum Gasteiger partial charge on any atom is 0.260 e. The number of alkyl halides is 2. The Bertz CT molecular complexity index is 1220. The highest BCUT2D eigenvalue weighted by atomic mass is 19.3. The molecule has 5 rings (SSSR count). The number of rotatable bonds is 7. The molecule has 10 heteroatoms. The van der Waals surface area contributed by atoms with E-state index >= 15 is 0 Å². The fourth-order valence-corrected chi connectivity index (χ4v) is 4.81. The van der Waals surface area contributed by atoms with Crippen LogP contribution in [0.15, 0.2) is 48.5 Å². The zero-order chi connectivity index (χ0) is 25.2. The average Bonchev–Trinajstić information content (AvgIpc) is 3.57. The zero-order valence-electron chi connectivity index (χ0n) is 20.1. The molecule has 1 saturated heterocycles. The molecule has 3 heterocycles. The third-order valence-electron chi connectivity index (χ3n) is 6.79. The van der Waals surface area contributed by atoms with Crippen LogP contribution in [0.25, 0.3) is 11.3 Å². The summed E-state index contributed by atoms with van der Waals surface area (Å²) in [5.74, 6) is 1.50. The molecule has 0 radical (unpaired) electrons. The maximum atomic E-state index is 14.1. The largest absolute Gasteiger partial charge is 0.493 e. The second kappa shape index (κ2) is 10.1. The van der Waals surface area contributed by atoms with Crippen molar-refractivity contribution < 1.29 is 23.0 Å². The van der Waals surface area contributed by atoms with E-state index in [9.17, 15) is 13.6 Å². The van der Waals surface area contributed by atoms with Gasteiger partial charge in [0, 0.05) is 29.8 Å². The molecule has 2 aromatic carbocycles. The van der Waals surface area contributed by atoms with Gasteiger partial charge in [0.25, 0.3) is 12.3 Å². The normalized spacial score (nSPS) is 21.1. The predicted octanol–water partition coefficient (Wildman–Crippen LogP) is 4.02. The van der Waals surface area contributed by atoms with Crippen LogP contribution in [0, 0.1) is 0 Å². The number of benzene rings is 2. The number of carbonyl (C=O) groups is 1. The Morgan fingerprint density at radius 2 is 1.89 bits per heavy atom. The number of nitrogens with zero attached hydrogens (tertiary/aromatic N) is 2. The number of ether oxygens (including phenoxy) is 2. The summed E-state index contributed by atoms with van der Waals surface area (Å²) in [6.45, 7) is 1.67. The predicted molar refractivity (Wildman–Crippen MR) is 132 cm³/mol. The van der Waals surface area contributed by atoms with Gasteiger partial charge < -0.3 is 25.4 Å². The minimum atomic E-state index is -2.59. The van der Waals surface area contributed by atoms with Crippen LogP contribution in [-0.4, -0.2) is 55.5 Å². The summed E-state index contributed by atoms with van der Waals surface area (Å²) in [5.41, 5.74) is 2.67. The van der Waals surface area contributed by atoms with Crippen LogP contribution in [0.1, 0.15) is 40.8 Å². The summed E-state index contributed by atoms with van der Waals surface area (Å²) >= 11 is 0. The number of nitrogens with one attached hydrogen (secondary N) is 3. The van der Waals surface area contributed by atoms with E-state index < -0.39 is 12.5 Å². The second-order valence-electron chi connectivity index (χ2n) is 9.05. The summed E-state index contributed by atoms with van der Waals surface area (Å²) in [7, 11) is 3.09. The summed E-state index contributed by atoms with van der Waals surface area (Å²) < 4.78 is 40.2. The lowest BCUT2D eigenvalue weighted by Gasteiger charge is -2.32. The number of amides is 1. The van der Waals surface area contributed by atoms with E-state index in [4.69, 9.17) is 9.47 Å². The first-order chi connectivity index (χ1) is 17.5. The molecule has 0 saturated carbocycles. The molecule has 1 amide bonds. The lowest BCUT2D eigenvalue weighted by Crippen LogP contribution is -2.36. The Morgan fingerprint density at radius 1 is 1.11 bits per heavy atom. The van der Waals surface area contributed by atoms with Crippen molar-refractivity contribution >= 4 is 11.7 Å². The molecule has 3 N–H and O–H groups in total. The number of fused-ring (bicyclic) bond motifs is 1. The molecule has 1 fully saturated rings. The molecule has 36 heavy (non-hydrogen) atoms. The maximum absolute atomic E-state index is 14.1. The van der Waals surface area contributed by atoms with Gasteiger partial charge in [0.1, 0.15) is 11.9 Å². The highest BCUT2D eigenvalue weighted by Gasteiger charge is 2.35. The highest BCUT2D eigenvalue weighted by molar-refractivity contribution is 5.94. The zero-order valence-corrected chi connectivity index (χ0v) is 20.1. The van der Waals surface area contributed by atoms with E-state index in [1.807, 2.05) is 6.07 Å². The fourth-order valence-electron chi connectivity index (χ4n) is 4.81. The molecule has 1 aromatic heterocycles. The quantitative estimate of drug-likeness (QED) is 0.457. The molecule has 8 nitrogen and oxygen atoms in total. The van der Waals surface area contributed by atoms with Crippen molar-refractivity contribution in [2.75, 3.05) is 32.6 Å². The van der Waals surface area contributed by atoms with Gasteiger partial charge in [-0.1, -0.05) is 18.2 Å². The Kier molecular flexibility index (Phi) is 6.77. The Balaban J connectivity index is 1.38. The van der Waals surface area contributed by atoms with E-state index in [2.05, 4.69) is 21.0 Å². The third-order valence-corrected chi connectivity index (χ3v) is 6.79. The lowest BCUT2D eigenvalue weighted by molar-refractivity contribution is 0.0659. The van der Waals surface area contributed by atoms with E-state index in [0.29, 0.717) is 28.6 Å². The van der Waals surface area contributed by atoms with Crippen molar-refractivity contribution in [2.24, 2.45) is 0 Å². The van der Waals surface area contributed by atoms with Gasteiger partial charge in [-0.2, -0.15) is 5.10 Å². The standard InChI is InChI=1S/C26H29F2N5O3/c1-35-22-8-7-17(11-23(22)36-2)19-12-21(25(27)28)33-24(31-19)13-20(32-33)15-3-5-16(6-4-15)26(34)30-18-9-10-29-14-18/h3-8,11,13,18-19,21,25,29,31H,9-10,12,14H2,1-2H3,(H,30,34)/t18-,19?,21?/m0/s1. The minimum absolute atomic E-state index is 0.128. The molecule has 2 unspecified atom stereocenters. The lowest BCUT2D eigenvalue weighted by atomic mass is 9.97. The van der Waals surface area contributed by atoms with E-state index in [0.717, 1.165) is 30.6 Å². The molecule has 3 aromatic rings. The van der Waals surface area contributed by atoms with E-state index in [1.165, 1.54) is 4.68 Å². The number of hydrogen-bond acceptors (Lipinski definition) is 6. The van der Waals surface area contributed by atoms with Gasteiger partial charge in [-0.25, -0.2) is 13.5 Å². The first kappa shape index (κ1) is 24.1. The second-order valence-corrected chi connectivity index (χ2v) is 9.05. The van der Waals surface area contributed by atoms with Gasteiger partial charge in [0.05, 0.1) is 26.0 Å². The van der Waals surface area contributed by atoms with Crippen LogP contribution < -0.4 is 25.4 Å².